The van der Waals surface area contributed by atoms with Gasteiger partial charge in [-0.1, -0.05) is 19.1 Å². The summed E-state index contributed by atoms with van der Waals surface area (Å²) in [4.78, 5) is 11.8. The summed E-state index contributed by atoms with van der Waals surface area (Å²) >= 11 is 0. The molecule has 0 aliphatic carbocycles. The number of alkyl carbamates (subject to hydrolysis) is 1. The van der Waals surface area contributed by atoms with Gasteiger partial charge in [-0.3, -0.25) is 0 Å². The maximum atomic E-state index is 11.8. The third-order valence-electron chi connectivity index (χ3n) is 3.07. The lowest BCUT2D eigenvalue weighted by atomic mass is 10.2. The third-order valence-corrected chi connectivity index (χ3v) is 3.07. The molecule has 5 nitrogen and oxygen atoms in total. The molecule has 0 aliphatic heterocycles. The van der Waals surface area contributed by atoms with Gasteiger partial charge in [0.2, 0.25) is 0 Å². The van der Waals surface area contributed by atoms with Crippen molar-refractivity contribution in [1.29, 1.82) is 0 Å². The van der Waals surface area contributed by atoms with E-state index in [2.05, 4.69) is 10.6 Å². The van der Waals surface area contributed by atoms with E-state index in [9.17, 15) is 4.79 Å². The Kier molecular flexibility index (Phi) is 7.18. The average Bonchev–Trinajstić information content (AvgIpc) is 2.44. The van der Waals surface area contributed by atoms with Gasteiger partial charge in [-0.25, -0.2) is 4.79 Å². The number of amides is 1. The molecular weight excluding hydrogens is 280 g/mol. The van der Waals surface area contributed by atoms with Gasteiger partial charge in [-0.2, -0.15) is 0 Å². The molecule has 0 fully saturated rings. The summed E-state index contributed by atoms with van der Waals surface area (Å²) in [7, 11) is 1.66. The molecule has 1 unspecified atom stereocenters. The van der Waals surface area contributed by atoms with Crippen LogP contribution in [0.4, 0.5) is 4.79 Å². The van der Waals surface area contributed by atoms with Crippen LogP contribution in [0.5, 0.6) is 5.75 Å². The van der Waals surface area contributed by atoms with E-state index in [0.717, 1.165) is 24.3 Å². The van der Waals surface area contributed by atoms with Crippen molar-refractivity contribution in [1.82, 2.24) is 10.6 Å². The number of hydrogen-bond acceptors (Lipinski definition) is 4. The highest BCUT2D eigenvalue weighted by Gasteiger charge is 2.18. The molecular formula is C17H28N2O3. The zero-order valence-electron chi connectivity index (χ0n) is 14.2. The van der Waals surface area contributed by atoms with Crippen LogP contribution >= 0.6 is 0 Å². The van der Waals surface area contributed by atoms with Gasteiger partial charge in [0.1, 0.15) is 11.4 Å². The Balaban J connectivity index is 2.38. The van der Waals surface area contributed by atoms with Crippen LogP contribution in [0, 0.1) is 0 Å². The second kappa shape index (κ2) is 8.63. The Hall–Kier alpha value is -1.75. The van der Waals surface area contributed by atoms with Crippen LogP contribution in [-0.4, -0.2) is 31.4 Å². The second-order valence-corrected chi connectivity index (χ2v) is 6.23. The molecule has 0 saturated heterocycles. The van der Waals surface area contributed by atoms with Gasteiger partial charge in [0.05, 0.1) is 7.11 Å². The van der Waals surface area contributed by atoms with E-state index in [-0.39, 0.29) is 12.1 Å². The zero-order chi connectivity index (χ0) is 16.6. The van der Waals surface area contributed by atoms with E-state index >= 15 is 0 Å². The van der Waals surface area contributed by atoms with Gasteiger partial charge in [0.25, 0.3) is 0 Å². The predicted molar refractivity (Wildman–Crippen MR) is 88.1 cm³/mol. The van der Waals surface area contributed by atoms with Crippen molar-refractivity contribution < 1.29 is 14.3 Å². The minimum absolute atomic E-state index is 0.0421. The molecule has 0 aromatic heterocycles. The van der Waals surface area contributed by atoms with Crippen LogP contribution in [0.1, 0.15) is 39.7 Å². The van der Waals surface area contributed by atoms with Gasteiger partial charge >= 0.3 is 6.09 Å². The molecule has 0 saturated carbocycles. The fourth-order valence-corrected chi connectivity index (χ4v) is 1.94. The van der Waals surface area contributed by atoms with Crippen molar-refractivity contribution >= 4 is 6.09 Å². The van der Waals surface area contributed by atoms with Gasteiger partial charge in [0.15, 0.2) is 0 Å². The minimum atomic E-state index is -0.476. The third kappa shape index (κ3) is 7.31. The normalized spacial score (nSPS) is 12.6. The fourth-order valence-electron chi connectivity index (χ4n) is 1.94. The van der Waals surface area contributed by atoms with E-state index < -0.39 is 5.60 Å². The first-order valence-corrected chi connectivity index (χ1v) is 7.67. The molecule has 1 rings (SSSR count). The van der Waals surface area contributed by atoms with E-state index in [1.165, 1.54) is 0 Å². The van der Waals surface area contributed by atoms with Crippen LogP contribution in [-0.2, 0) is 11.3 Å². The molecule has 2 N–H and O–H groups in total. The minimum Gasteiger partial charge on any atom is -0.497 e. The predicted octanol–water partition coefficient (Wildman–Crippen LogP) is 3.09. The summed E-state index contributed by atoms with van der Waals surface area (Å²) in [5.41, 5.74) is 0.669. The molecule has 1 aromatic rings. The lowest BCUT2D eigenvalue weighted by Crippen LogP contribution is -2.43. The van der Waals surface area contributed by atoms with Crippen LogP contribution in [0.3, 0.4) is 0 Å². The SMILES string of the molecule is CCC(CNCc1cccc(OC)c1)NC(=O)OC(C)(C)C. The van der Waals surface area contributed by atoms with Crippen LogP contribution < -0.4 is 15.4 Å². The molecule has 22 heavy (non-hydrogen) atoms. The summed E-state index contributed by atoms with van der Waals surface area (Å²) in [5.74, 6) is 0.846. The number of ether oxygens (including phenoxy) is 2. The lowest BCUT2D eigenvalue weighted by Gasteiger charge is -2.23. The quantitative estimate of drug-likeness (QED) is 0.812. The first kappa shape index (κ1) is 18.3. The smallest absolute Gasteiger partial charge is 0.407 e. The molecule has 0 bridgehead atoms. The first-order valence-electron chi connectivity index (χ1n) is 7.67. The van der Waals surface area contributed by atoms with E-state index in [1.54, 1.807) is 7.11 Å². The monoisotopic (exact) mass is 308 g/mol. The van der Waals surface area contributed by atoms with Crippen molar-refractivity contribution in [3.8, 4) is 5.75 Å². The number of hydrogen-bond donors (Lipinski definition) is 2. The molecule has 0 spiro atoms. The summed E-state index contributed by atoms with van der Waals surface area (Å²) in [6.45, 7) is 9.02. The highest BCUT2D eigenvalue weighted by atomic mass is 16.6. The largest absolute Gasteiger partial charge is 0.497 e. The Morgan fingerprint density at radius 1 is 1.32 bits per heavy atom. The van der Waals surface area contributed by atoms with Gasteiger partial charge in [-0.05, 0) is 44.9 Å². The number of carbonyl (C=O) groups excluding carboxylic acids is 1. The highest BCUT2D eigenvalue weighted by Crippen LogP contribution is 2.12. The van der Waals surface area contributed by atoms with Crippen LogP contribution in [0.2, 0.25) is 0 Å². The number of nitrogens with one attached hydrogen (secondary N) is 2. The molecule has 1 aromatic carbocycles. The Morgan fingerprint density at radius 3 is 2.64 bits per heavy atom. The summed E-state index contributed by atoms with van der Waals surface area (Å²) < 4.78 is 10.5. The number of carbonyl (C=O) groups is 1. The fraction of sp³-hybridized carbons (Fsp3) is 0.588. The average molecular weight is 308 g/mol. The van der Waals surface area contributed by atoms with Crippen LogP contribution in [0.25, 0.3) is 0 Å². The maximum absolute atomic E-state index is 11.8. The Bertz CT molecular complexity index is 469. The number of methoxy groups -OCH3 is 1. The van der Waals surface area contributed by atoms with Crippen molar-refractivity contribution in [2.24, 2.45) is 0 Å². The van der Waals surface area contributed by atoms with Gasteiger partial charge in [-0.15, -0.1) is 0 Å². The molecule has 1 atom stereocenters. The molecule has 5 heteroatoms. The standard InChI is InChI=1S/C17H28N2O3/c1-6-14(19-16(20)22-17(2,3)4)12-18-11-13-8-7-9-15(10-13)21-5/h7-10,14,18H,6,11-12H2,1-5H3,(H,19,20). The molecule has 124 valence electrons. The molecule has 0 aliphatic rings. The first-order chi connectivity index (χ1) is 10.3. The molecule has 0 radical (unpaired) electrons. The topological polar surface area (TPSA) is 59.6 Å². The summed E-state index contributed by atoms with van der Waals surface area (Å²) in [6, 6.07) is 7.96. The second-order valence-electron chi connectivity index (χ2n) is 6.23. The van der Waals surface area contributed by atoms with Crippen LogP contribution in [0.15, 0.2) is 24.3 Å². The van der Waals surface area contributed by atoms with Crippen molar-refractivity contribution in [2.75, 3.05) is 13.7 Å². The zero-order valence-corrected chi connectivity index (χ0v) is 14.2. The molecule has 0 heterocycles. The van der Waals surface area contributed by atoms with Crippen molar-refractivity contribution in [3.63, 3.8) is 0 Å². The number of benzene rings is 1. The Morgan fingerprint density at radius 2 is 2.05 bits per heavy atom. The van der Waals surface area contributed by atoms with E-state index in [1.807, 2.05) is 52.0 Å². The summed E-state index contributed by atoms with van der Waals surface area (Å²) in [6.07, 6.45) is 0.465. The van der Waals surface area contributed by atoms with E-state index in [4.69, 9.17) is 9.47 Å². The van der Waals surface area contributed by atoms with Gasteiger partial charge in [0, 0.05) is 19.1 Å². The molecule has 1 amide bonds. The highest BCUT2D eigenvalue weighted by molar-refractivity contribution is 5.68. The van der Waals surface area contributed by atoms with E-state index in [0.29, 0.717) is 6.54 Å². The summed E-state index contributed by atoms with van der Waals surface area (Å²) in [5, 5.41) is 6.23. The van der Waals surface area contributed by atoms with Crippen molar-refractivity contribution in [2.45, 2.75) is 52.3 Å². The lowest BCUT2D eigenvalue weighted by molar-refractivity contribution is 0.0502. The maximum Gasteiger partial charge on any atom is 0.407 e. The Labute approximate surface area is 133 Å². The number of rotatable bonds is 7. The van der Waals surface area contributed by atoms with Crippen molar-refractivity contribution in [3.05, 3.63) is 29.8 Å². The van der Waals surface area contributed by atoms with Gasteiger partial charge < -0.3 is 20.1 Å².